The Balaban J connectivity index is 0.00000370. The van der Waals surface area contributed by atoms with E-state index in [0.717, 1.165) is 0 Å². The largest absolute Gasteiger partial charge is 0.507 e. The lowest BCUT2D eigenvalue weighted by Crippen LogP contribution is -2.53. The molecule has 2 aliphatic rings. The zero-order chi connectivity index (χ0) is 27.5. The number of aliphatic hydroxyl groups is 1. The average Bonchev–Trinajstić information content (AvgIpc) is 3.29. The van der Waals surface area contributed by atoms with Gasteiger partial charge in [-0.05, 0) is 37.1 Å². The number of aromatic nitrogens is 3. The molecule has 13 nitrogen and oxygen atoms in total. The quantitative estimate of drug-likeness (QED) is 0.171. The normalized spacial score (nSPS) is 22.5. The minimum absolute atomic E-state index is 0. The van der Waals surface area contributed by atoms with Gasteiger partial charge in [0, 0.05) is 50.0 Å². The third-order valence-corrected chi connectivity index (χ3v) is 6.85. The van der Waals surface area contributed by atoms with E-state index < -0.39 is 12.1 Å². The number of hydrogen-bond donors (Lipinski definition) is 6. The molecule has 14 heteroatoms. The number of rotatable bonds is 7. The zero-order valence-electron chi connectivity index (χ0n) is 21.8. The van der Waals surface area contributed by atoms with Gasteiger partial charge in [0.15, 0.2) is 0 Å². The number of hydrogen-bond acceptors (Lipinski definition) is 13. The van der Waals surface area contributed by atoms with E-state index in [1.165, 1.54) is 12.1 Å². The van der Waals surface area contributed by atoms with Crippen molar-refractivity contribution < 1.29 is 19.7 Å². The van der Waals surface area contributed by atoms with Crippen molar-refractivity contribution in [2.45, 2.75) is 37.1 Å². The number of ether oxygens (including phenoxy) is 1. The van der Waals surface area contributed by atoms with Crippen LogP contribution in [-0.2, 0) is 0 Å². The maximum Gasteiger partial charge on any atom is 0.347 e. The van der Waals surface area contributed by atoms with Gasteiger partial charge in [0.1, 0.15) is 17.1 Å². The number of aliphatic hydroxyl groups excluding tert-OH is 1. The molecule has 1 aromatic heterocycles. The number of aromatic hydroxyl groups is 1. The molecular formula is C26H34ClN9O4. The van der Waals surface area contributed by atoms with Gasteiger partial charge < -0.3 is 47.3 Å². The maximum absolute atomic E-state index is 12.6. The highest BCUT2D eigenvalue weighted by Crippen LogP contribution is 2.29. The van der Waals surface area contributed by atoms with Crippen molar-refractivity contribution in [3.63, 3.8) is 0 Å². The number of phenolic OH excluding ortho intramolecular Hbond substituents is 1. The number of carbonyl (C=O) groups is 1. The first kappa shape index (κ1) is 29.2. The second-order valence-corrected chi connectivity index (χ2v) is 9.83. The molecule has 0 spiro atoms. The second-order valence-electron chi connectivity index (χ2n) is 9.83. The van der Waals surface area contributed by atoms with Crippen LogP contribution in [0.5, 0.6) is 11.5 Å². The fourth-order valence-electron chi connectivity index (χ4n) is 4.95. The number of anilines is 4. The van der Waals surface area contributed by atoms with Gasteiger partial charge in [0.25, 0.3) is 0 Å². The minimum atomic E-state index is -0.687. The number of halogens is 1. The summed E-state index contributed by atoms with van der Waals surface area (Å²) in [6.07, 6.45) is 0.647. The third-order valence-electron chi connectivity index (χ3n) is 6.85. The SMILES string of the molecule is Cl.NC[C@@H]1[C@H](O)CCN1c1nc(Nc2ccc(C(=O)Oc3ccccc3)c(O)c2)nc(N2C[C@H](N)C[C@H](N)C2)n1. The van der Waals surface area contributed by atoms with Gasteiger partial charge >= 0.3 is 5.97 Å². The lowest BCUT2D eigenvalue weighted by molar-refractivity contribution is 0.0731. The highest BCUT2D eigenvalue weighted by atomic mass is 35.5. The van der Waals surface area contributed by atoms with Crippen LogP contribution in [0.2, 0.25) is 0 Å². The average molecular weight is 572 g/mol. The Hall–Kier alpha value is -3.75. The highest BCUT2D eigenvalue weighted by molar-refractivity contribution is 5.94. The summed E-state index contributed by atoms with van der Waals surface area (Å²) in [5, 5.41) is 24.1. The standard InChI is InChI=1S/C26H33N9O4.ClH/c27-12-20-21(36)8-9-35(20)26-32-24(31-25(33-26)34-13-15(28)10-16(29)14-34)30-17-6-7-19(22(37)11-17)23(38)39-18-4-2-1-3-5-18;/h1-7,11,15-16,20-21,36-37H,8-10,12-14,27-29H2,(H,30,31,32,33);1H/t15-,16+,20-,21-;/m1./s1. The zero-order valence-corrected chi connectivity index (χ0v) is 22.6. The number of nitrogens with zero attached hydrogens (tertiary/aromatic N) is 5. The number of phenols is 1. The number of esters is 1. The van der Waals surface area contributed by atoms with Crippen molar-refractivity contribution in [3.05, 3.63) is 54.1 Å². The van der Waals surface area contributed by atoms with Crippen LogP contribution in [-0.4, -0.2) is 81.5 Å². The van der Waals surface area contributed by atoms with Crippen molar-refractivity contribution in [2.75, 3.05) is 41.3 Å². The molecule has 2 fully saturated rings. The first-order chi connectivity index (χ1) is 18.8. The molecule has 3 heterocycles. The number of nitrogens with two attached hydrogens (primary N) is 3. The molecule has 2 aromatic carbocycles. The number of benzene rings is 2. The van der Waals surface area contributed by atoms with Crippen molar-refractivity contribution >= 4 is 41.9 Å². The van der Waals surface area contributed by atoms with Crippen molar-refractivity contribution in [3.8, 4) is 11.5 Å². The predicted octanol–water partition coefficient (Wildman–Crippen LogP) is 0.725. The molecular weight excluding hydrogens is 538 g/mol. The van der Waals surface area contributed by atoms with Gasteiger partial charge in [-0.3, -0.25) is 0 Å². The van der Waals surface area contributed by atoms with Gasteiger partial charge in [-0.1, -0.05) is 18.2 Å². The summed E-state index contributed by atoms with van der Waals surface area (Å²) in [6.45, 7) is 1.82. The summed E-state index contributed by atoms with van der Waals surface area (Å²) >= 11 is 0. The first-order valence-corrected chi connectivity index (χ1v) is 12.8. The number of piperidine rings is 1. The number of carbonyl (C=O) groups excluding carboxylic acids is 1. The Labute approximate surface area is 237 Å². The van der Waals surface area contributed by atoms with Gasteiger partial charge in [0.05, 0.1) is 12.1 Å². The molecule has 0 amide bonds. The number of para-hydroxylation sites is 1. The molecule has 3 aromatic rings. The molecule has 0 unspecified atom stereocenters. The topological polar surface area (TPSA) is 202 Å². The molecule has 4 atom stereocenters. The first-order valence-electron chi connectivity index (χ1n) is 12.8. The van der Waals surface area contributed by atoms with Crippen LogP contribution in [0, 0.1) is 0 Å². The Kier molecular flexibility index (Phi) is 9.22. The van der Waals surface area contributed by atoms with Crippen molar-refractivity contribution in [1.29, 1.82) is 0 Å². The Morgan fingerprint density at radius 1 is 1.05 bits per heavy atom. The third kappa shape index (κ3) is 6.51. The lowest BCUT2D eigenvalue weighted by atomic mass is 10.0. The summed E-state index contributed by atoms with van der Waals surface area (Å²) < 4.78 is 5.33. The molecule has 9 N–H and O–H groups in total. The van der Waals surface area contributed by atoms with E-state index in [9.17, 15) is 15.0 Å². The maximum atomic E-state index is 12.6. The van der Waals surface area contributed by atoms with E-state index in [1.807, 2.05) is 15.9 Å². The predicted molar refractivity (Wildman–Crippen MR) is 153 cm³/mol. The molecule has 0 radical (unpaired) electrons. The van der Waals surface area contributed by atoms with Gasteiger partial charge in [-0.15, -0.1) is 12.4 Å². The van der Waals surface area contributed by atoms with Crippen LogP contribution in [0.3, 0.4) is 0 Å². The van der Waals surface area contributed by atoms with Crippen LogP contribution in [0.15, 0.2) is 48.5 Å². The summed E-state index contributed by atoms with van der Waals surface area (Å²) in [4.78, 5) is 30.2. The van der Waals surface area contributed by atoms with Crippen molar-refractivity contribution in [2.24, 2.45) is 17.2 Å². The van der Waals surface area contributed by atoms with E-state index in [0.29, 0.717) is 55.8 Å². The van der Waals surface area contributed by atoms with Gasteiger partial charge in [0.2, 0.25) is 17.8 Å². The summed E-state index contributed by atoms with van der Waals surface area (Å²) in [5.74, 6) is 0.364. The van der Waals surface area contributed by atoms with E-state index in [1.54, 1.807) is 30.3 Å². The van der Waals surface area contributed by atoms with Crippen molar-refractivity contribution in [1.82, 2.24) is 15.0 Å². The summed E-state index contributed by atoms with van der Waals surface area (Å²) in [7, 11) is 0. The molecule has 5 rings (SSSR count). The van der Waals surface area contributed by atoms with Gasteiger partial charge in [-0.25, -0.2) is 4.79 Å². The Morgan fingerprint density at radius 2 is 1.75 bits per heavy atom. The van der Waals surface area contributed by atoms with Gasteiger partial charge in [-0.2, -0.15) is 15.0 Å². The smallest absolute Gasteiger partial charge is 0.347 e. The van der Waals surface area contributed by atoms with E-state index >= 15 is 0 Å². The molecule has 2 saturated heterocycles. The second kappa shape index (κ2) is 12.6. The molecule has 0 bridgehead atoms. The Bertz CT molecular complexity index is 1310. The fraction of sp³-hybridized carbons (Fsp3) is 0.385. The molecule has 0 aliphatic carbocycles. The van der Waals surface area contributed by atoms with E-state index in [4.69, 9.17) is 21.9 Å². The monoisotopic (exact) mass is 571 g/mol. The van der Waals surface area contributed by atoms with E-state index in [2.05, 4.69) is 20.3 Å². The summed E-state index contributed by atoms with van der Waals surface area (Å²) in [5.41, 5.74) is 18.8. The van der Waals surface area contributed by atoms with Crippen LogP contribution in [0.1, 0.15) is 23.2 Å². The summed E-state index contributed by atoms with van der Waals surface area (Å²) in [6, 6.07) is 12.5. The van der Waals surface area contributed by atoms with Crippen LogP contribution in [0.4, 0.5) is 23.5 Å². The van der Waals surface area contributed by atoms with Crippen LogP contribution >= 0.6 is 12.4 Å². The highest BCUT2D eigenvalue weighted by Gasteiger charge is 2.35. The van der Waals surface area contributed by atoms with E-state index in [-0.39, 0.29) is 54.3 Å². The lowest BCUT2D eigenvalue weighted by Gasteiger charge is -2.35. The van der Waals surface area contributed by atoms with Crippen LogP contribution < -0.4 is 37.1 Å². The minimum Gasteiger partial charge on any atom is -0.507 e. The molecule has 214 valence electrons. The number of nitrogens with one attached hydrogen (secondary N) is 1. The molecule has 2 aliphatic heterocycles. The molecule has 40 heavy (non-hydrogen) atoms. The van der Waals surface area contributed by atoms with Crippen LogP contribution in [0.25, 0.3) is 0 Å². The molecule has 0 saturated carbocycles. The Morgan fingerprint density at radius 3 is 2.42 bits per heavy atom. The fourth-order valence-corrected chi connectivity index (χ4v) is 4.95.